The molecule has 0 saturated carbocycles. The van der Waals surface area contributed by atoms with Crippen molar-refractivity contribution in [3.8, 4) is 0 Å². The van der Waals surface area contributed by atoms with Crippen molar-refractivity contribution in [1.82, 2.24) is 15.2 Å². The van der Waals surface area contributed by atoms with Crippen LogP contribution in [0.3, 0.4) is 0 Å². The highest BCUT2D eigenvalue weighted by Crippen LogP contribution is 2.13. The lowest BCUT2D eigenvalue weighted by Crippen LogP contribution is -2.85. The Balaban J connectivity index is 1.91. The van der Waals surface area contributed by atoms with Gasteiger partial charge in [-0.25, -0.2) is 15.3 Å². The van der Waals surface area contributed by atoms with Crippen LogP contribution in [0.2, 0.25) is 0 Å². The topological polar surface area (TPSA) is 139 Å². The van der Waals surface area contributed by atoms with Gasteiger partial charge in [0.15, 0.2) is 0 Å². The summed E-state index contributed by atoms with van der Waals surface area (Å²) in [5.74, 6) is 0.783. The lowest BCUT2D eigenvalue weighted by molar-refractivity contribution is -0.450. The number of hydrogen-bond donors (Lipinski definition) is 4. The summed E-state index contributed by atoms with van der Waals surface area (Å²) in [4.78, 5) is 26.8. The molecule has 1 aromatic heterocycles. The molecule has 0 unspecified atom stereocenters. The molecule has 29 heavy (non-hydrogen) atoms. The molecule has 1 amide bonds. The maximum atomic E-state index is 12.2. The van der Waals surface area contributed by atoms with E-state index < -0.39 is 0 Å². The number of hydrogen-bond acceptors (Lipinski definition) is 4. The molecule has 1 aromatic carbocycles. The predicted octanol–water partition coefficient (Wildman–Crippen LogP) is 0.309. The Morgan fingerprint density at radius 3 is 2.48 bits per heavy atom. The van der Waals surface area contributed by atoms with Gasteiger partial charge in [-0.15, -0.1) is 4.99 Å². The molecule has 154 valence electrons. The van der Waals surface area contributed by atoms with E-state index in [9.17, 15) is 4.79 Å². The zero-order chi connectivity index (χ0) is 21.1. The van der Waals surface area contributed by atoms with E-state index in [4.69, 9.17) is 11.5 Å². The maximum Gasteiger partial charge on any atom is 0.306 e. The third-order valence-electron chi connectivity index (χ3n) is 4.21. The second-order valence-electron chi connectivity index (χ2n) is 6.24. The van der Waals surface area contributed by atoms with Crippen LogP contribution in [-0.2, 0) is 0 Å². The Bertz CT molecular complexity index is 829. The molecule has 9 heteroatoms. The van der Waals surface area contributed by atoms with Gasteiger partial charge in [-0.2, -0.15) is 0 Å². The molecule has 0 saturated heterocycles. The molecule has 0 atom stereocenters. The number of benzene rings is 1. The summed E-state index contributed by atoms with van der Waals surface area (Å²) in [6.07, 6.45) is 1.66. The molecule has 0 aliphatic rings. The average Bonchev–Trinajstić information content (AvgIpc) is 2.72. The SMILES string of the molecule is CCN(CC)CCNC(=O)c1ccc(N=C(N)N=C(N)[NH2+]c2ccccn2)cc1. The number of rotatable bonds is 8. The molecule has 0 spiro atoms. The molecule has 1 heterocycles. The standard InChI is InChI=1S/C20H28N8O/c1-3-28(4-2)14-13-24-18(29)15-8-10-16(11-9-15)25-19(21)27-20(22)26-17-7-5-6-12-23-17/h5-12H,3-4,13-14H2,1-2H3,(H,24,29)(H5,21,22,23,25,26,27)/p+1. The molecule has 0 fully saturated rings. The Morgan fingerprint density at radius 2 is 1.86 bits per heavy atom. The Morgan fingerprint density at radius 1 is 1.14 bits per heavy atom. The molecule has 0 bridgehead atoms. The highest BCUT2D eigenvalue weighted by Gasteiger charge is 2.07. The van der Waals surface area contributed by atoms with Gasteiger partial charge in [0.25, 0.3) is 5.91 Å². The normalized spacial score (nSPS) is 12.2. The summed E-state index contributed by atoms with van der Waals surface area (Å²) >= 11 is 0. The van der Waals surface area contributed by atoms with Crippen molar-refractivity contribution >= 4 is 29.3 Å². The molecule has 2 rings (SSSR count). The van der Waals surface area contributed by atoms with Crippen LogP contribution in [0.5, 0.6) is 0 Å². The number of aliphatic imine (C=N–C) groups is 2. The number of carbonyl (C=O) groups excluding carboxylic acids is 1. The van der Waals surface area contributed by atoms with Gasteiger partial charge in [-0.3, -0.25) is 4.79 Å². The third kappa shape index (κ3) is 7.68. The first-order valence-electron chi connectivity index (χ1n) is 9.56. The summed E-state index contributed by atoms with van der Waals surface area (Å²) in [7, 11) is 0. The molecule has 0 radical (unpaired) electrons. The van der Waals surface area contributed by atoms with E-state index in [0.29, 0.717) is 23.6 Å². The van der Waals surface area contributed by atoms with Crippen LogP contribution < -0.4 is 22.1 Å². The number of likely N-dealkylation sites (N-methyl/N-ethyl adjacent to an activating group) is 1. The maximum absolute atomic E-state index is 12.2. The van der Waals surface area contributed by atoms with E-state index in [1.165, 1.54) is 0 Å². The molecule has 0 aliphatic carbocycles. The van der Waals surface area contributed by atoms with E-state index in [1.807, 2.05) is 18.2 Å². The van der Waals surface area contributed by atoms with Crippen LogP contribution in [0.25, 0.3) is 0 Å². The van der Waals surface area contributed by atoms with Crippen molar-refractivity contribution in [2.45, 2.75) is 13.8 Å². The molecule has 7 N–H and O–H groups in total. The van der Waals surface area contributed by atoms with Crippen molar-refractivity contribution in [2.75, 3.05) is 26.2 Å². The minimum absolute atomic E-state index is 0.0195. The second-order valence-corrected chi connectivity index (χ2v) is 6.24. The number of guanidine groups is 2. The van der Waals surface area contributed by atoms with Gasteiger partial charge in [0.1, 0.15) is 0 Å². The molecular formula is C20H29N8O+. The van der Waals surface area contributed by atoms with E-state index in [-0.39, 0.29) is 17.8 Å². The van der Waals surface area contributed by atoms with Crippen molar-refractivity contribution in [3.05, 3.63) is 54.2 Å². The minimum Gasteiger partial charge on any atom is -0.368 e. The highest BCUT2D eigenvalue weighted by atomic mass is 16.1. The predicted molar refractivity (Wildman–Crippen MR) is 115 cm³/mol. The summed E-state index contributed by atoms with van der Waals surface area (Å²) in [6, 6.07) is 12.3. The van der Waals surface area contributed by atoms with Crippen molar-refractivity contribution in [2.24, 2.45) is 21.5 Å². The Hall–Kier alpha value is -3.30. The number of pyridine rings is 1. The van der Waals surface area contributed by atoms with Crippen LogP contribution in [0.15, 0.2) is 58.6 Å². The van der Waals surface area contributed by atoms with Gasteiger partial charge in [0, 0.05) is 30.9 Å². The smallest absolute Gasteiger partial charge is 0.306 e. The number of nitrogens with two attached hydrogens (primary N) is 3. The van der Waals surface area contributed by atoms with E-state index in [1.54, 1.807) is 35.8 Å². The van der Waals surface area contributed by atoms with E-state index in [0.717, 1.165) is 19.6 Å². The van der Waals surface area contributed by atoms with E-state index in [2.05, 4.69) is 39.0 Å². The van der Waals surface area contributed by atoms with Crippen molar-refractivity contribution in [1.29, 1.82) is 0 Å². The zero-order valence-corrected chi connectivity index (χ0v) is 16.9. The summed E-state index contributed by atoms with van der Waals surface area (Å²) in [6.45, 7) is 7.57. The highest BCUT2D eigenvalue weighted by molar-refractivity contribution is 5.95. The van der Waals surface area contributed by atoms with Crippen LogP contribution in [0.1, 0.15) is 24.2 Å². The lowest BCUT2D eigenvalue weighted by atomic mass is 10.2. The lowest BCUT2D eigenvalue weighted by Gasteiger charge is -2.17. The van der Waals surface area contributed by atoms with Crippen LogP contribution in [0.4, 0.5) is 11.5 Å². The number of carbonyl (C=O) groups is 1. The quantitative estimate of drug-likeness (QED) is 0.375. The first kappa shape index (κ1) is 22.0. The molecular weight excluding hydrogens is 368 g/mol. The van der Waals surface area contributed by atoms with Gasteiger partial charge in [-0.1, -0.05) is 19.9 Å². The van der Waals surface area contributed by atoms with Crippen LogP contribution in [-0.4, -0.2) is 53.9 Å². The monoisotopic (exact) mass is 397 g/mol. The second kappa shape index (κ2) is 11.5. The minimum atomic E-state index is -0.118. The average molecular weight is 398 g/mol. The number of aromatic nitrogens is 1. The van der Waals surface area contributed by atoms with Gasteiger partial charge < -0.3 is 21.7 Å². The van der Waals surface area contributed by atoms with Gasteiger partial charge >= 0.3 is 5.96 Å². The largest absolute Gasteiger partial charge is 0.368 e. The van der Waals surface area contributed by atoms with Crippen molar-refractivity contribution < 1.29 is 10.1 Å². The zero-order valence-electron chi connectivity index (χ0n) is 16.9. The summed E-state index contributed by atoms with van der Waals surface area (Å²) < 4.78 is 0. The third-order valence-corrected chi connectivity index (χ3v) is 4.21. The molecule has 0 aliphatic heterocycles. The Kier molecular flexibility index (Phi) is 8.74. The summed E-state index contributed by atoms with van der Waals surface area (Å²) in [5.41, 5.74) is 12.8. The van der Waals surface area contributed by atoms with Gasteiger partial charge in [-0.05, 0) is 43.4 Å². The van der Waals surface area contributed by atoms with E-state index >= 15 is 0 Å². The summed E-state index contributed by atoms with van der Waals surface area (Å²) in [5, 5.41) is 4.52. The molecule has 9 nitrogen and oxygen atoms in total. The number of nitrogens with zero attached hydrogens (tertiary/aromatic N) is 4. The fraction of sp³-hybridized carbons (Fsp3) is 0.300. The van der Waals surface area contributed by atoms with Crippen LogP contribution >= 0.6 is 0 Å². The first-order chi connectivity index (χ1) is 14.0. The Labute approximate surface area is 170 Å². The fourth-order valence-corrected chi connectivity index (χ4v) is 2.59. The van der Waals surface area contributed by atoms with Crippen molar-refractivity contribution in [3.63, 3.8) is 0 Å². The number of amides is 1. The fourth-order valence-electron chi connectivity index (χ4n) is 2.59. The first-order valence-corrected chi connectivity index (χ1v) is 9.56. The molecule has 2 aromatic rings. The number of nitrogens with one attached hydrogen (secondary N) is 1. The van der Waals surface area contributed by atoms with Gasteiger partial charge in [0.2, 0.25) is 11.8 Å². The number of quaternary nitrogens is 1. The van der Waals surface area contributed by atoms with Gasteiger partial charge in [0.05, 0.1) is 5.69 Å². The van der Waals surface area contributed by atoms with Crippen LogP contribution in [0, 0.1) is 0 Å².